The number of carbonyl (C=O) groups excluding carboxylic acids is 1. The van der Waals surface area contributed by atoms with Gasteiger partial charge < -0.3 is 5.32 Å². The summed E-state index contributed by atoms with van der Waals surface area (Å²) < 4.78 is 40.8. The summed E-state index contributed by atoms with van der Waals surface area (Å²) in [4.78, 5) is 19.9. The number of anilines is 1. The summed E-state index contributed by atoms with van der Waals surface area (Å²) in [5.74, 6) is -0.463. The van der Waals surface area contributed by atoms with Crippen molar-refractivity contribution in [1.82, 2.24) is 9.97 Å². The van der Waals surface area contributed by atoms with Crippen molar-refractivity contribution in [3.63, 3.8) is 0 Å². The fourth-order valence-corrected chi connectivity index (χ4v) is 3.39. The van der Waals surface area contributed by atoms with Gasteiger partial charge in [-0.2, -0.15) is 13.2 Å². The van der Waals surface area contributed by atoms with E-state index in [1.54, 1.807) is 36.4 Å². The minimum atomic E-state index is -4.61. The minimum absolute atomic E-state index is 0.104. The normalized spacial score (nSPS) is 11.3. The zero-order valence-corrected chi connectivity index (χ0v) is 18.1. The van der Waals surface area contributed by atoms with Gasteiger partial charge in [-0.1, -0.05) is 41.6 Å². The van der Waals surface area contributed by atoms with Gasteiger partial charge in [0.2, 0.25) is 5.91 Å². The average molecular weight is 529 g/mol. The lowest BCUT2D eigenvalue weighted by atomic mass is 10.1. The van der Waals surface area contributed by atoms with E-state index >= 15 is 0 Å². The van der Waals surface area contributed by atoms with Crippen LogP contribution in [0.25, 0.3) is 11.3 Å². The zero-order valence-electron chi connectivity index (χ0n) is 15.1. The maximum absolute atomic E-state index is 13.3. The standard InChI is InChI=1S/C20H15F3IN3OS/c1-12-2-4-13(5-3-12)16-10-17(20(21,22)23)27-19(26-16)29-11-18(28)25-15-8-6-14(24)7-9-15/h2-10H,11H2,1H3,(H,25,28). The van der Waals surface area contributed by atoms with Gasteiger partial charge in [0.25, 0.3) is 0 Å². The van der Waals surface area contributed by atoms with Crippen LogP contribution in [-0.2, 0) is 11.0 Å². The molecule has 3 aromatic rings. The molecule has 2 aromatic carbocycles. The summed E-state index contributed by atoms with van der Waals surface area (Å²) in [7, 11) is 0. The van der Waals surface area contributed by atoms with Gasteiger partial charge in [-0.3, -0.25) is 4.79 Å². The third-order valence-corrected chi connectivity index (χ3v) is 5.37. The van der Waals surface area contributed by atoms with Gasteiger partial charge in [0.1, 0.15) is 5.69 Å². The largest absolute Gasteiger partial charge is 0.433 e. The Hall–Kier alpha value is -2.14. The SMILES string of the molecule is Cc1ccc(-c2cc(C(F)(F)F)nc(SCC(=O)Nc3ccc(I)cc3)n2)cc1. The number of hydrogen-bond acceptors (Lipinski definition) is 4. The summed E-state index contributed by atoms with van der Waals surface area (Å²) in [6.45, 7) is 1.89. The van der Waals surface area contributed by atoms with Crippen molar-refractivity contribution in [3.05, 3.63) is 69.4 Å². The Labute approximate surface area is 183 Å². The molecule has 0 atom stereocenters. The van der Waals surface area contributed by atoms with Crippen LogP contribution in [0.3, 0.4) is 0 Å². The molecule has 1 aromatic heterocycles. The topological polar surface area (TPSA) is 54.9 Å². The average Bonchev–Trinajstić information content (AvgIpc) is 2.68. The van der Waals surface area contributed by atoms with Gasteiger partial charge in [0.15, 0.2) is 5.16 Å². The maximum atomic E-state index is 13.3. The second-order valence-corrected chi connectivity index (χ2v) is 8.32. The van der Waals surface area contributed by atoms with Crippen molar-refractivity contribution in [3.8, 4) is 11.3 Å². The van der Waals surface area contributed by atoms with Gasteiger partial charge in [-0.05, 0) is 59.8 Å². The van der Waals surface area contributed by atoms with Gasteiger partial charge in [-0.25, -0.2) is 9.97 Å². The molecule has 0 fully saturated rings. The lowest BCUT2D eigenvalue weighted by molar-refractivity contribution is -0.141. The van der Waals surface area contributed by atoms with Crippen molar-refractivity contribution in [2.75, 3.05) is 11.1 Å². The number of aryl methyl sites for hydroxylation is 1. The van der Waals surface area contributed by atoms with E-state index in [9.17, 15) is 18.0 Å². The molecule has 1 heterocycles. The first-order valence-corrected chi connectivity index (χ1v) is 10.5. The van der Waals surface area contributed by atoms with Crippen molar-refractivity contribution in [2.45, 2.75) is 18.3 Å². The number of thioether (sulfide) groups is 1. The van der Waals surface area contributed by atoms with Crippen LogP contribution in [0.15, 0.2) is 59.8 Å². The smallest absolute Gasteiger partial charge is 0.325 e. The lowest BCUT2D eigenvalue weighted by Gasteiger charge is -2.11. The van der Waals surface area contributed by atoms with E-state index in [1.165, 1.54) is 0 Å². The number of nitrogens with zero attached hydrogens (tertiary/aromatic N) is 2. The Balaban J connectivity index is 1.78. The summed E-state index contributed by atoms with van der Waals surface area (Å²) in [6.07, 6.45) is -4.61. The molecule has 9 heteroatoms. The highest BCUT2D eigenvalue weighted by Crippen LogP contribution is 2.32. The van der Waals surface area contributed by atoms with Gasteiger partial charge in [0.05, 0.1) is 11.4 Å². The molecule has 0 aliphatic carbocycles. The molecule has 150 valence electrons. The third kappa shape index (κ3) is 6.17. The van der Waals surface area contributed by atoms with Crippen molar-refractivity contribution < 1.29 is 18.0 Å². The first kappa shape index (κ1) is 21.6. The first-order valence-electron chi connectivity index (χ1n) is 8.42. The van der Waals surface area contributed by atoms with Crippen LogP contribution in [0, 0.1) is 10.5 Å². The van der Waals surface area contributed by atoms with E-state index in [0.29, 0.717) is 11.3 Å². The van der Waals surface area contributed by atoms with E-state index < -0.39 is 11.9 Å². The Kier molecular flexibility index (Phi) is 6.78. The van der Waals surface area contributed by atoms with Crippen LogP contribution < -0.4 is 5.32 Å². The monoisotopic (exact) mass is 529 g/mol. The van der Waals surface area contributed by atoms with Crippen LogP contribution in [0.2, 0.25) is 0 Å². The molecule has 1 N–H and O–H groups in total. The number of amides is 1. The predicted molar refractivity (Wildman–Crippen MR) is 116 cm³/mol. The molecule has 0 bridgehead atoms. The molecule has 4 nitrogen and oxygen atoms in total. The molecule has 0 unspecified atom stereocenters. The second-order valence-electron chi connectivity index (χ2n) is 6.13. The highest BCUT2D eigenvalue weighted by atomic mass is 127. The zero-order chi connectivity index (χ0) is 21.0. The van der Waals surface area contributed by atoms with Crippen molar-refractivity contribution in [2.24, 2.45) is 0 Å². The third-order valence-electron chi connectivity index (χ3n) is 3.80. The summed E-state index contributed by atoms with van der Waals surface area (Å²) in [5.41, 5.74) is 1.27. The van der Waals surface area contributed by atoms with Gasteiger partial charge in [0, 0.05) is 14.8 Å². The lowest BCUT2D eigenvalue weighted by Crippen LogP contribution is -2.15. The van der Waals surface area contributed by atoms with Crippen LogP contribution in [0.5, 0.6) is 0 Å². The Morgan fingerprint density at radius 1 is 1.07 bits per heavy atom. The quantitative estimate of drug-likeness (QED) is 0.258. The predicted octanol–water partition coefficient (Wildman–Crippen LogP) is 5.81. The maximum Gasteiger partial charge on any atom is 0.433 e. The van der Waals surface area contributed by atoms with Crippen LogP contribution in [-0.4, -0.2) is 21.6 Å². The molecule has 0 aliphatic heterocycles. The number of rotatable bonds is 5. The summed E-state index contributed by atoms with van der Waals surface area (Å²) in [6, 6.07) is 15.1. The fourth-order valence-electron chi connectivity index (χ4n) is 2.37. The van der Waals surface area contributed by atoms with E-state index in [2.05, 4.69) is 37.9 Å². The molecule has 0 spiro atoms. The molecule has 0 radical (unpaired) electrons. The Bertz CT molecular complexity index is 1010. The molecule has 1 amide bonds. The molecule has 0 aliphatic rings. The van der Waals surface area contributed by atoms with E-state index in [4.69, 9.17) is 0 Å². The molecular weight excluding hydrogens is 514 g/mol. The Morgan fingerprint density at radius 3 is 2.34 bits per heavy atom. The number of benzene rings is 2. The molecule has 0 saturated heterocycles. The van der Waals surface area contributed by atoms with Crippen LogP contribution in [0.4, 0.5) is 18.9 Å². The number of aromatic nitrogens is 2. The number of alkyl halides is 3. The Morgan fingerprint density at radius 2 is 1.72 bits per heavy atom. The fraction of sp³-hybridized carbons (Fsp3) is 0.150. The first-order chi connectivity index (χ1) is 13.7. The van der Waals surface area contributed by atoms with Crippen molar-refractivity contribution >= 4 is 45.9 Å². The molecule has 0 saturated carbocycles. The minimum Gasteiger partial charge on any atom is -0.325 e. The summed E-state index contributed by atoms with van der Waals surface area (Å²) >= 11 is 3.01. The van der Waals surface area contributed by atoms with Gasteiger partial charge >= 0.3 is 6.18 Å². The summed E-state index contributed by atoms with van der Waals surface area (Å²) in [5, 5.41) is 2.59. The van der Waals surface area contributed by atoms with Gasteiger partial charge in [-0.15, -0.1) is 0 Å². The van der Waals surface area contributed by atoms with E-state index in [-0.39, 0.29) is 22.5 Å². The van der Waals surface area contributed by atoms with Crippen LogP contribution >= 0.6 is 34.4 Å². The highest BCUT2D eigenvalue weighted by Gasteiger charge is 2.34. The molecular formula is C20H15F3IN3OS. The number of hydrogen-bond donors (Lipinski definition) is 1. The second kappa shape index (κ2) is 9.12. The van der Waals surface area contributed by atoms with E-state index in [0.717, 1.165) is 27.0 Å². The van der Waals surface area contributed by atoms with Crippen molar-refractivity contribution in [1.29, 1.82) is 0 Å². The molecule has 3 rings (SSSR count). The molecule has 29 heavy (non-hydrogen) atoms. The highest BCUT2D eigenvalue weighted by molar-refractivity contribution is 14.1. The van der Waals surface area contributed by atoms with E-state index in [1.807, 2.05) is 19.1 Å². The van der Waals surface area contributed by atoms with Crippen LogP contribution in [0.1, 0.15) is 11.3 Å². The number of carbonyl (C=O) groups is 1. The number of nitrogens with one attached hydrogen (secondary N) is 1. The number of halogens is 4.